The number of hydrogen-bond acceptors (Lipinski definition) is 7. The van der Waals surface area contributed by atoms with Crippen LogP contribution in [0.15, 0.2) is 35.1 Å². The van der Waals surface area contributed by atoms with Crippen LogP contribution in [0.5, 0.6) is 0 Å². The van der Waals surface area contributed by atoms with Crippen molar-refractivity contribution in [2.45, 2.75) is 19.9 Å². The van der Waals surface area contributed by atoms with Gasteiger partial charge in [0.05, 0.1) is 18.7 Å². The molecule has 150 valence electrons. The number of aromatic amines is 1. The Balaban J connectivity index is 1.50. The molecule has 0 spiro atoms. The minimum Gasteiger partial charge on any atom is -0.465 e. The second kappa shape index (κ2) is 6.33. The van der Waals surface area contributed by atoms with Crippen molar-refractivity contribution in [1.82, 2.24) is 9.97 Å². The van der Waals surface area contributed by atoms with Gasteiger partial charge in [-0.15, -0.1) is 0 Å². The van der Waals surface area contributed by atoms with Gasteiger partial charge in [0, 0.05) is 25.9 Å². The SMILES string of the molecule is CC(=O)Nc1nc2c(c(=O)[nH]1)N(Cc1ccccc1)CN2CC12CC1COC2=O. The number of anilines is 3. The van der Waals surface area contributed by atoms with Crippen LogP contribution in [0.25, 0.3) is 0 Å². The van der Waals surface area contributed by atoms with Gasteiger partial charge in [-0.2, -0.15) is 4.98 Å². The number of carbonyl (C=O) groups excluding carboxylic acids is 2. The minimum absolute atomic E-state index is 0.103. The maximum Gasteiger partial charge on any atom is 0.314 e. The molecule has 1 aromatic heterocycles. The second-order valence-corrected chi connectivity index (χ2v) is 7.95. The first-order valence-electron chi connectivity index (χ1n) is 9.59. The molecule has 1 amide bonds. The van der Waals surface area contributed by atoms with Gasteiger partial charge in [0.1, 0.15) is 5.69 Å². The van der Waals surface area contributed by atoms with Crippen LogP contribution in [0, 0.1) is 11.3 Å². The normalized spacial score (nSPS) is 24.2. The zero-order valence-electron chi connectivity index (χ0n) is 16.0. The maximum atomic E-state index is 12.8. The van der Waals surface area contributed by atoms with Crippen molar-refractivity contribution in [1.29, 1.82) is 0 Å². The lowest BCUT2D eigenvalue weighted by molar-refractivity contribution is -0.144. The Kier molecular flexibility index (Phi) is 3.87. The summed E-state index contributed by atoms with van der Waals surface area (Å²) in [6.07, 6.45) is 0.804. The molecule has 1 aromatic carbocycles. The number of nitrogens with zero attached hydrogens (tertiary/aromatic N) is 3. The van der Waals surface area contributed by atoms with Crippen LogP contribution in [-0.4, -0.2) is 41.7 Å². The summed E-state index contributed by atoms with van der Waals surface area (Å²) in [5.41, 5.74) is 0.686. The number of fused-ring (bicyclic) bond motifs is 2. The van der Waals surface area contributed by atoms with E-state index in [0.717, 1.165) is 12.0 Å². The predicted molar refractivity (Wildman–Crippen MR) is 105 cm³/mol. The Bertz CT molecular complexity index is 1050. The number of cyclic esters (lactones) is 1. The molecular weight excluding hydrogens is 374 g/mol. The van der Waals surface area contributed by atoms with Crippen LogP contribution in [0.3, 0.4) is 0 Å². The fourth-order valence-electron chi connectivity index (χ4n) is 4.36. The molecule has 1 aliphatic carbocycles. The van der Waals surface area contributed by atoms with Gasteiger partial charge >= 0.3 is 5.97 Å². The van der Waals surface area contributed by atoms with E-state index in [1.54, 1.807) is 0 Å². The van der Waals surface area contributed by atoms with Gasteiger partial charge in [0.15, 0.2) is 5.82 Å². The molecule has 29 heavy (non-hydrogen) atoms. The largest absolute Gasteiger partial charge is 0.465 e. The van der Waals surface area contributed by atoms with Crippen molar-refractivity contribution in [2.24, 2.45) is 11.3 Å². The summed E-state index contributed by atoms with van der Waals surface area (Å²) in [5.74, 6) is 0.328. The molecule has 0 bridgehead atoms. The Labute approximate surface area is 166 Å². The molecule has 3 heterocycles. The first-order chi connectivity index (χ1) is 14.0. The van der Waals surface area contributed by atoms with Gasteiger partial charge in [0.25, 0.3) is 5.56 Å². The lowest BCUT2D eigenvalue weighted by Gasteiger charge is -2.23. The molecule has 9 heteroatoms. The van der Waals surface area contributed by atoms with E-state index in [-0.39, 0.29) is 29.3 Å². The van der Waals surface area contributed by atoms with Crippen LogP contribution in [-0.2, 0) is 20.9 Å². The topological polar surface area (TPSA) is 108 Å². The fourth-order valence-corrected chi connectivity index (χ4v) is 4.36. The number of H-pyrrole nitrogens is 1. The summed E-state index contributed by atoms with van der Waals surface area (Å²) in [6.45, 7) is 3.24. The Morgan fingerprint density at radius 3 is 2.76 bits per heavy atom. The number of aromatic nitrogens is 2. The van der Waals surface area contributed by atoms with Crippen LogP contribution >= 0.6 is 0 Å². The predicted octanol–water partition coefficient (Wildman–Crippen LogP) is 1.08. The van der Waals surface area contributed by atoms with E-state index >= 15 is 0 Å². The zero-order valence-corrected chi connectivity index (χ0v) is 16.0. The van der Waals surface area contributed by atoms with Crippen molar-refractivity contribution >= 4 is 29.3 Å². The zero-order chi connectivity index (χ0) is 20.2. The summed E-state index contributed by atoms with van der Waals surface area (Å²) < 4.78 is 5.21. The average Bonchev–Trinajstić information content (AvgIpc) is 3.16. The maximum absolute atomic E-state index is 12.8. The van der Waals surface area contributed by atoms with Crippen molar-refractivity contribution < 1.29 is 14.3 Å². The third-order valence-corrected chi connectivity index (χ3v) is 5.87. The number of ether oxygens (including phenoxy) is 1. The van der Waals surface area contributed by atoms with Crippen LogP contribution in [0.1, 0.15) is 18.9 Å². The van der Waals surface area contributed by atoms with Gasteiger partial charge in [0.2, 0.25) is 11.9 Å². The number of benzene rings is 1. The summed E-state index contributed by atoms with van der Waals surface area (Å²) in [4.78, 5) is 47.6. The third-order valence-electron chi connectivity index (χ3n) is 5.87. The quantitative estimate of drug-likeness (QED) is 0.729. The van der Waals surface area contributed by atoms with E-state index in [9.17, 15) is 14.4 Å². The summed E-state index contributed by atoms with van der Waals surface area (Å²) in [5, 5.41) is 2.54. The first-order valence-corrected chi connectivity index (χ1v) is 9.59. The monoisotopic (exact) mass is 395 g/mol. The standard InChI is InChI=1S/C20H21N5O4/c1-12(26)21-19-22-16-15(17(27)23-19)24(8-13-5-3-2-4-6-13)11-25(16)10-20-7-14(20)9-29-18(20)28/h2-6,14H,7-11H2,1H3,(H2,21,22,23,26,27). The molecule has 0 radical (unpaired) electrons. The molecule has 2 aliphatic heterocycles. The summed E-state index contributed by atoms with van der Waals surface area (Å²) in [6, 6.07) is 9.85. The number of amides is 1. The van der Waals surface area contributed by atoms with E-state index in [0.29, 0.717) is 37.9 Å². The average molecular weight is 395 g/mol. The Morgan fingerprint density at radius 2 is 2.10 bits per heavy atom. The molecule has 1 saturated heterocycles. The van der Waals surface area contributed by atoms with E-state index in [1.807, 2.05) is 40.1 Å². The van der Waals surface area contributed by atoms with Crippen molar-refractivity contribution in [3.8, 4) is 0 Å². The van der Waals surface area contributed by atoms with E-state index in [2.05, 4.69) is 15.3 Å². The van der Waals surface area contributed by atoms with Crippen LogP contribution in [0.4, 0.5) is 17.5 Å². The van der Waals surface area contributed by atoms with Crippen LogP contribution in [0.2, 0.25) is 0 Å². The smallest absolute Gasteiger partial charge is 0.314 e. The van der Waals surface area contributed by atoms with Crippen molar-refractivity contribution in [3.63, 3.8) is 0 Å². The van der Waals surface area contributed by atoms with Gasteiger partial charge in [-0.25, -0.2) is 0 Å². The minimum atomic E-state index is -0.502. The van der Waals surface area contributed by atoms with Crippen LogP contribution < -0.4 is 20.7 Å². The lowest BCUT2D eigenvalue weighted by Crippen LogP contribution is -2.37. The number of esters is 1. The highest BCUT2D eigenvalue weighted by atomic mass is 16.5. The van der Waals surface area contributed by atoms with E-state index in [1.165, 1.54) is 6.92 Å². The van der Waals surface area contributed by atoms with Gasteiger partial charge in [-0.3, -0.25) is 24.7 Å². The molecule has 9 nitrogen and oxygen atoms in total. The molecular formula is C20H21N5O4. The van der Waals surface area contributed by atoms with E-state index in [4.69, 9.17) is 4.74 Å². The fraction of sp³-hybridized carbons (Fsp3) is 0.400. The molecule has 3 aliphatic rings. The summed E-state index contributed by atoms with van der Waals surface area (Å²) in [7, 11) is 0. The van der Waals surface area contributed by atoms with Gasteiger partial charge < -0.3 is 14.5 Å². The molecule has 1 saturated carbocycles. The summed E-state index contributed by atoms with van der Waals surface area (Å²) >= 11 is 0. The third kappa shape index (κ3) is 2.93. The Morgan fingerprint density at radius 1 is 1.31 bits per heavy atom. The van der Waals surface area contributed by atoms with Gasteiger partial charge in [-0.05, 0) is 12.0 Å². The van der Waals surface area contributed by atoms with Gasteiger partial charge in [-0.1, -0.05) is 30.3 Å². The highest BCUT2D eigenvalue weighted by Gasteiger charge is 2.66. The highest BCUT2D eigenvalue weighted by Crippen LogP contribution is 2.58. The second-order valence-electron chi connectivity index (χ2n) is 7.95. The molecule has 2 unspecified atom stereocenters. The highest BCUT2D eigenvalue weighted by molar-refractivity contribution is 5.88. The number of carbonyl (C=O) groups is 2. The molecule has 2 atom stereocenters. The first kappa shape index (κ1) is 17.7. The Hall–Kier alpha value is -3.36. The molecule has 2 N–H and O–H groups in total. The van der Waals surface area contributed by atoms with Crippen molar-refractivity contribution in [2.75, 3.05) is 34.9 Å². The lowest BCUT2D eigenvalue weighted by atomic mass is 10.1. The molecule has 2 aromatic rings. The number of rotatable bonds is 5. The van der Waals surface area contributed by atoms with E-state index < -0.39 is 5.41 Å². The molecule has 2 fully saturated rings. The number of nitrogens with one attached hydrogen (secondary N) is 2. The van der Waals surface area contributed by atoms with Crippen molar-refractivity contribution in [3.05, 3.63) is 46.2 Å². The number of hydrogen-bond donors (Lipinski definition) is 2. The molecule has 5 rings (SSSR count).